The summed E-state index contributed by atoms with van der Waals surface area (Å²) >= 11 is 5.83. The Bertz CT molecular complexity index is 343. The number of aryl methyl sites for hydroxylation is 1. The summed E-state index contributed by atoms with van der Waals surface area (Å²) in [6.45, 7) is 2.06. The van der Waals surface area contributed by atoms with Gasteiger partial charge in [-0.3, -0.25) is 0 Å². The van der Waals surface area contributed by atoms with E-state index in [0.717, 1.165) is 11.1 Å². The molecule has 4 nitrogen and oxygen atoms in total. The predicted octanol–water partition coefficient (Wildman–Crippen LogP) is 2.00. The Kier molecular flexibility index (Phi) is 3.19. The number of halogens is 1. The number of nitrogens with two attached hydrogens (primary N) is 1. The molecule has 1 amide bonds. The summed E-state index contributed by atoms with van der Waals surface area (Å²) in [5, 5.41) is 11.1. The topological polar surface area (TPSA) is 75.3 Å². The largest absolute Gasteiger partial charge is 0.465 e. The SMILES string of the molecule is Cc1cc(CNC(=O)O)cc(Cl)c1N. The van der Waals surface area contributed by atoms with E-state index in [1.165, 1.54) is 0 Å². The van der Waals surface area contributed by atoms with Crippen LogP contribution >= 0.6 is 11.6 Å². The molecule has 0 aliphatic heterocycles. The first kappa shape index (κ1) is 10.7. The number of amides is 1. The number of hydrogen-bond donors (Lipinski definition) is 3. The summed E-state index contributed by atoms with van der Waals surface area (Å²) in [4.78, 5) is 10.2. The minimum atomic E-state index is -1.06. The number of nitrogens with one attached hydrogen (secondary N) is 1. The summed E-state index contributed by atoms with van der Waals surface area (Å²) in [6.07, 6.45) is -1.06. The van der Waals surface area contributed by atoms with E-state index in [1.807, 2.05) is 6.92 Å². The van der Waals surface area contributed by atoms with Crippen molar-refractivity contribution in [1.29, 1.82) is 0 Å². The lowest BCUT2D eigenvalue weighted by molar-refractivity contribution is 0.194. The maximum Gasteiger partial charge on any atom is 0.404 e. The van der Waals surface area contributed by atoms with Crippen molar-refractivity contribution in [3.8, 4) is 0 Å². The zero-order valence-corrected chi connectivity index (χ0v) is 8.43. The van der Waals surface area contributed by atoms with Crippen LogP contribution in [0.5, 0.6) is 0 Å². The summed E-state index contributed by atoms with van der Waals surface area (Å²) in [5.74, 6) is 0. The lowest BCUT2D eigenvalue weighted by Gasteiger charge is -2.07. The van der Waals surface area contributed by atoms with Gasteiger partial charge in [-0.25, -0.2) is 4.79 Å². The summed E-state index contributed by atoms with van der Waals surface area (Å²) < 4.78 is 0. The lowest BCUT2D eigenvalue weighted by Crippen LogP contribution is -2.20. The zero-order chi connectivity index (χ0) is 10.7. The molecule has 0 unspecified atom stereocenters. The van der Waals surface area contributed by atoms with Crippen LogP contribution in [0.25, 0.3) is 0 Å². The maximum atomic E-state index is 10.2. The van der Waals surface area contributed by atoms with Gasteiger partial charge in [-0.1, -0.05) is 17.7 Å². The van der Waals surface area contributed by atoms with Gasteiger partial charge in [0.05, 0.1) is 10.7 Å². The molecule has 0 aliphatic rings. The average molecular weight is 215 g/mol. The third kappa shape index (κ3) is 2.53. The van der Waals surface area contributed by atoms with Gasteiger partial charge in [0.1, 0.15) is 0 Å². The Morgan fingerprint density at radius 1 is 1.64 bits per heavy atom. The highest BCUT2D eigenvalue weighted by Gasteiger charge is 2.03. The molecule has 4 N–H and O–H groups in total. The van der Waals surface area contributed by atoms with Crippen molar-refractivity contribution in [3.05, 3.63) is 28.3 Å². The molecule has 0 bridgehead atoms. The van der Waals surface area contributed by atoms with Crippen molar-refractivity contribution < 1.29 is 9.90 Å². The average Bonchev–Trinajstić information content (AvgIpc) is 2.10. The third-order valence-corrected chi connectivity index (χ3v) is 2.15. The van der Waals surface area contributed by atoms with Gasteiger partial charge in [-0.05, 0) is 24.1 Å². The van der Waals surface area contributed by atoms with Crippen LogP contribution in [0, 0.1) is 6.92 Å². The molecule has 0 spiro atoms. The van der Waals surface area contributed by atoms with Crippen LogP contribution in [0.2, 0.25) is 5.02 Å². The van der Waals surface area contributed by atoms with Crippen molar-refractivity contribution in [2.24, 2.45) is 0 Å². The molecule has 0 saturated carbocycles. The van der Waals surface area contributed by atoms with Crippen LogP contribution in [0.15, 0.2) is 12.1 Å². The van der Waals surface area contributed by atoms with Crippen molar-refractivity contribution >= 4 is 23.4 Å². The van der Waals surface area contributed by atoms with E-state index in [-0.39, 0.29) is 6.54 Å². The number of carboxylic acid groups (broad SMARTS) is 1. The van der Waals surface area contributed by atoms with E-state index < -0.39 is 6.09 Å². The molecule has 1 rings (SSSR count). The second kappa shape index (κ2) is 4.19. The predicted molar refractivity (Wildman–Crippen MR) is 55.5 cm³/mol. The second-order valence-corrected chi connectivity index (χ2v) is 3.37. The smallest absolute Gasteiger partial charge is 0.404 e. The molecule has 76 valence electrons. The summed E-state index contributed by atoms with van der Waals surface area (Å²) in [5.41, 5.74) is 7.81. The minimum Gasteiger partial charge on any atom is -0.465 e. The van der Waals surface area contributed by atoms with Gasteiger partial charge in [0, 0.05) is 6.54 Å². The van der Waals surface area contributed by atoms with Crippen LogP contribution in [-0.4, -0.2) is 11.2 Å². The van der Waals surface area contributed by atoms with Gasteiger partial charge in [-0.15, -0.1) is 0 Å². The highest BCUT2D eigenvalue weighted by Crippen LogP contribution is 2.24. The van der Waals surface area contributed by atoms with Gasteiger partial charge in [0.25, 0.3) is 0 Å². The fraction of sp³-hybridized carbons (Fsp3) is 0.222. The Balaban J connectivity index is 2.84. The number of anilines is 1. The van der Waals surface area contributed by atoms with Crippen molar-refractivity contribution in [1.82, 2.24) is 5.32 Å². The molecule has 0 heterocycles. The van der Waals surface area contributed by atoms with Crippen LogP contribution in [-0.2, 0) is 6.54 Å². The number of carbonyl (C=O) groups is 1. The monoisotopic (exact) mass is 214 g/mol. The standard InChI is InChI=1S/C9H11ClN2O2/c1-5-2-6(4-12-9(13)14)3-7(10)8(5)11/h2-3,12H,4,11H2,1H3,(H,13,14). The second-order valence-electron chi connectivity index (χ2n) is 2.97. The van der Waals surface area contributed by atoms with Gasteiger partial charge < -0.3 is 16.2 Å². The fourth-order valence-electron chi connectivity index (χ4n) is 1.11. The van der Waals surface area contributed by atoms with Crippen LogP contribution in [0.4, 0.5) is 10.5 Å². The van der Waals surface area contributed by atoms with Gasteiger partial charge in [0.15, 0.2) is 0 Å². The van der Waals surface area contributed by atoms with Gasteiger partial charge >= 0.3 is 6.09 Å². The highest BCUT2D eigenvalue weighted by atomic mass is 35.5. The molecule has 1 aromatic rings. The first-order chi connectivity index (χ1) is 6.50. The van der Waals surface area contributed by atoms with Crippen LogP contribution in [0.1, 0.15) is 11.1 Å². The molecule has 0 saturated heterocycles. The van der Waals surface area contributed by atoms with Crippen LogP contribution < -0.4 is 11.1 Å². The van der Waals surface area contributed by atoms with E-state index in [2.05, 4.69) is 5.32 Å². The summed E-state index contributed by atoms with van der Waals surface area (Å²) in [7, 11) is 0. The van der Waals surface area contributed by atoms with Crippen molar-refractivity contribution in [2.75, 3.05) is 5.73 Å². The van der Waals surface area contributed by atoms with Gasteiger partial charge in [0.2, 0.25) is 0 Å². The van der Waals surface area contributed by atoms with E-state index in [0.29, 0.717) is 10.7 Å². The minimum absolute atomic E-state index is 0.232. The summed E-state index contributed by atoms with van der Waals surface area (Å²) in [6, 6.07) is 3.46. The molecule has 0 radical (unpaired) electrons. The van der Waals surface area contributed by atoms with E-state index in [4.69, 9.17) is 22.4 Å². The number of rotatable bonds is 2. The molecular weight excluding hydrogens is 204 g/mol. The van der Waals surface area contributed by atoms with Gasteiger partial charge in [-0.2, -0.15) is 0 Å². The number of nitrogen functional groups attached to an aromatic ring is 1. The lowest BCUT2D eigenvalue weighted by atomic mass is 10.1. The quantitative estimate of drug-likeness (QED) is 0.659. The molecule has 0 aliphatic carbocycles. The van der Waals surface area contributed by atoms with E-state index in [1.54, 1.807) is 12.1 Å². The fourth-order valence-corrected chi connectivity index (χ4v) is 1.40. The molecule has 1 aromatic carbocycles. The number of hydrogen-bond acceptors (Lipinski definition) is 2. The van der Waals surface area contributed by atoms with E-state index >= 15 is 0 Å². The normalized spacial score (nSPS) is 9.86. The first-order valence-corrected chi connectivity index (χ1v) is 4.40. The Hall–Kier alpha value is -1.42. The zero-order valence-electron chi connectivity index (χ0n) is 7.67. The molecular formula is C9H11ClN2O2. The molecule has 0 atom stereocenters. The Morgan fingerprint density at radius 2 is 2.29 bits per heavy atom. The molecule has 0 aromatic heterocycles. The maximum absolute atomic E-state index is 10.2. The highest BCUT2D eigenvalue weighted by molar-refractivity contribution is 6.33. The Labute approximate surface area is 86.7 Å². The van der Waals surface area contributed by atoms with Crippen LogP contribution in [0.3, 0.4) is 0 Å². The first-order valence-electron chi connectivity index (χ1n) is 4.02. The molecule has 14 heavy (non-hydrogen) atoms. The molecule has 0 fully saturated rings. The van der Waals surface area contributed by atoms with Crippen molar-refractivity contribution in [2.45, 2.75) is 13.5 Å². The Morgan fingerprint density at radius 3 is 2.79 bits per heavy atom. The van der Waals surface area contributed by atoms with Crippen molar-refractivity contribution in [3.63, 3.8) is 0 Å². The van der Waals surface area contributed by atoms with E-state index in [9.17, 15) is 4.79 Å². The number of benzene rings is 1. The third-order valence-electron chi connectivity index (χ3n) is 1.84. The molecule has 5 heteroatoms.